The highest BCUT2D eigenvalue weighted by molar-refractivity contribution is 5.97. The number of unbranched alkanes of at least 4 members (excludes halogenated alkanes) is 45. The number of fused-ring (bicyclic) bond motifs is 7. The molecule has 2 saturated carbocycles. The minimum Gasteiger partial charge on any atom is -0.490 e. The second kappa shape index (κ2) is 48.0. The van der Waals surface area contributed by atoms with E-state index in [0.717, 1.165) is 72.8 Å². The summed E-state index contributed by atoms with van der Waals surface area (Å²) in [4.78, 5) is 43.1. The lowest BCUT2D eigenvalue weighted by Crippen LogP contribution is -2.35. The van der Waals surface area contributed by atoms with Crippen LogP contribution in [0.15, 0.2) is 36.4 Å². The Bertz CT molecular complexity index is 2890. The Balaban J connectivity index is 1.05. The lowest BCUT2D eigenvalue weighted by Gasteiger charge is -2.38. The van der Waals surface area contributed by atoms with Crippen molar-refractivity contribution in [3.63, 3.8) is 0 Å². The van der Waals surface area contributed by atoms with E-state index in [-0.39, 0.29) is 53.1 Å². The van der Waals surface area contributed by atoms with Gasteiger partial charge >= 0.3 is 11.9 Å². The van der Waals surface area contributed by atoms with E-state index in [1.807, 2.05) is 24.3 Å². The number of nitrogens with one attached hydrogen (secondary N) is 1. The molecule has 3 aromatic rings. The second-order valence-electron chi connectivity index (χ2n) is 35.8. The Kier molecular flexibility index (Phi) is 40.0. The summed E-state index contributed by atoms with van der Waals surface area (Å²) in [5, 5.41) is 3.09. The summed E-state index contributed by atoms with van der Waals surface area (Å²) in [6.45, 7) is 26.5. The molecule has 5 atom stereocenters. The highest BCUT2D eigenvalue weighted by Gasteiger charge is 2.59. The molecule has 4 aliphatic rings. The van der Waals surface area contributed by atoms with Crippen LogP contribution in [0.3, 0.4) is 0 Å². The Morgan fingerprint density at radius 3 is 1.11 bits per heavy atom. The summed E-state index contributed by atoms with van der Waals surface area (Å²) >= 11 is 0. The van der Waals surface area contributed by atoms with Gasteiger partial charge < -0.3 is 33.7 Å². The van der Waals surface area contributed by atoms with Crippen molar-refractivity contribution in [1.29, 1.82) is 0 Å². The van der Waals surface area contributed by atoms with Crippen molar-refractivity contribution in [3.05, 3.63) is 75.3 Å². The zero-order chi connectivity index (χ0) is 75.1. The van der Waals surface area contributed by atoms with Gasteiger partial charge in [0.25, 0.3) is 0 Å². The van der Waals surface area contributed by atoms with Gasteiger partial charge in [-0.25, -0.2) is 9.59 Å². The average molecular weight is 1460 g/mol. The summed E-state index contributed by atoms with van der Waals surface area (Å²) in [7, 11) is 0. The maximum Gasteiger partial charge on any atom is 0.342 e. The van der Waals surface area contributed by atoms with Gasteiger partial charge in [0.1, 0.15) is 35.3 Å². The molecule has 2 bridgehead atoms. The van der Waals surface area contributed by atoms with Crippen LogP contribution in [-0.2, 0) is 37.1 Å². The lowest BCUT2D eigenvalue weighted by atomic mass is 9.70. The second-order valence-corrected chi connectivity index (χ2v) is 35.8. The first kappa shape index (κ1) is 87.5. The van der Waals surface area contributed by atoms with Crippen LogP contribution in [0.25, 0.3) is 0 Å². The molecule has 3 aromatic carbocycles. The maximum absolute atomic E-state index is 15.3. The SMILES string of the molecule is CCCCCCCCCCCCCCCCCCOc1cc(COC(=O)c2cc(C(C)(C)C)cc3c2Oc2c(C(=O)OC4CC5CC4C4CNC(=O)C54)cc(C(C)(C)C)cc2C3(C)C)cc(OCCCCCCCCCCCCCCCCCC)c1OCCCCCCCCCCCCCCCCCC. The molecule has 0 aromatic heterocycles. The van der Waals surface area contributed by atoms with E-state index in [1.165, 1.54) is 270 Å². The molecule has 594 valence electrons. The van der Waals surface area contributed by atoms with Crippen molar-refractivity contribution in [2.24, 2.45) is 23.7 Å². The van der Waals surface area contributed by atoms with Crippen molar-refractivity contribution in [3.8, 4) is 28.7 Å². The van der Waals surface area contributed by atoms with Crippen LogP contribution in [0.2, 0.25) is 0 Å². The van der Waals surface area contributed by atoms with Crippen molar-refractivity contribution >= 4 is 17.8 Å². The van der Waals surface area contributed by atoms with Gasteiger partial charge in [-0.1, -0.05) is 377 Å². The van der Waals surface area contributed by atoms with E-state index < -0.39 is 17.4 Å². The molecule has 0 spiro atoms. The molecule has 7 rings (SSSR count). The number of rotatable bonds is 59. The highest BCUT2D eigenvalue weighted by atomic mass is 16.6. The van der Waals surface area contributed by atoms with E-state index in [1.54, 1.807) is 0 Å². The molecular weight excluding hydrogens is 1300 g/mol. The van der Waals surface area contributed by atoms with Crippen molar-refractivity contribution in [2.75, 3.05) is 26.4 Å². The molecule has 2 aliphatic carbocycles. The summed E-state index contributed by atoms with van der Waals surface area (Å²) in [5.41, 5.74) is 3.79. The first-order chi connectivity index (χ1) is 50.9. The fraction of sp³-hybridized carbons (Fsp3) is 0.779. The quantitative estimate of drug-likeness (QED) is 0.0435. The molecule has 2 aliphatic heterocycles. The first-order valence-electron chi connectivity index (χ1n) is 44.6. The van der Waals surface area contributed by atoms with Crippen LogP contribution in [0.5, 0.6) is 28.7 Å². The molecule has 2 heterocycles. The number of ether oxygens (including phenoxy) is 6. The van der Waals surface area contributed by atoms with E-state index >= 15 is 4.79 Å². The van der Waals surface area contributed by atoms with Crippen molar-refractivity contribution in [1.82, 2.24) is 5.32 Å². The topological polar surface area (TPSA) is 119 Å². The molecule has 0 radical (unpaired) electrons. The third-order valence-electron chi connectivity index (χ3n) is 24.3. The molecule has 10 nitrogen and oxygen atoms in total. The lowest BCUT2D eigenvalue weighted by molar-refractivity contribution is -0.124. The molecule has 1 N–H and O–H groups in total. The van der Waals surface area contributed by atoms with E-state index in [0.29, 0.717) is 72.7 Å². The van der Waals surface area contributed by atoms with Crippen molar-refractivity contribution < 1.29 is 42.8 Å². The first-order valence-corrected chi connectivity index (χ1v) is 44.6. The van der Waals surface area contributed by atoms with Crippen LogP contribution in [0, 0.1) is 23.7 Å². The fourth-order valence-electron chi connectivity index (χ4n) is 17.4. The zero-order valence-corrected chi connectivity index (χ0v) is 69.4. The number of hydrogen-bond donors (Lipinski definition) is 1. The Labute approximate surface area is 642 Å². The number of hydrogen-bond acceptors (Lipinski definition) is 9. The number of carbonyl (C=O) groups excluding carboxylic acids is 3. The zero-order valence-electron chi connectivity index (χ0n) is 69.4. The third kappa shape index (κ3) is 29.6. The molecule has 3 fully saturated rings. The van der Waals surface area contributed by atoms with Gasteiger partial charge in [0.05, 0.1) is 19.8 Å². The third-order valence-corrected chi connectivity index (χ3v) is 24.3. The normalized spacial score (nSPS) is 17.9. The van der Waals surface area contributed by atoms with E-state index in [9.17, 15) is 9.59 Å². The Morgan fingerprint density at radius 2 is 0.762 bits per heavy atom. The highest BCUT2D eigenvalue weighted by Crippen LogP contribution is 2.57. The van der Waals surface area contributed by atoms with Gasteiger partial charge in [-0.3, -0.25) is 4.79 Å². The largest absolute Gasteiger partial charge is 0.490 e. The van der Waals surface area contributed by atoms with Gasteiger partial charge in [-0.2, -0.15) is 0 Å². The number of carbonyl (C=O) groups is 3. The van der Waals surface area contributed by atoms with Crippen LogP contribution in [0.4, 0.5) is 0 Å². The number of esters is 2. The van der Waals surface area contributed by atoms with Gasteiger partial charge in [0.2, 0.25) is 11.7 Å². The van der Waals surface area contributed by atoms with E-state index in [2.05, 4.69) is 93.6 Å². The predicted molar refractivity (Wildman–Crippen MR) is 439 cm³/mol. The standard InChI is InChI=1S/C95H155NO9/c1-12-15-18-21-24-27-30-33-36-39-42-45-48-51-54-57-60-100-84-63-73(64-85(101-61-58-55-52-49-46-43-40-37-34-31-28-25-22-19-16-13-2)89(84)102-62-59-56-53-50-47-44-41-38-35-32-29-26-23-20-17-14-3)72-103-91(98)78-67-75(93(4,5)6)69-81-87(78)105-88-79(68-76(94(7,8)9)70-82(88)95(81,10)11)92(99)104-83-66-74-65-77(83)80-71-96-90(97)86(74)80/h63-64,67-70,74,77,80,83,86H,12-62,65-66,71-72H2,1-11H3,(H,96,97). The van der Waals surface area contributed by atoms with Gasteiger partial charge in [0, 0.05) is 34.9 Å². The molecule has 105 heavy (non-hydrogen) atoms. The van der Waals surface area contributed by atoms with Gasteiger partial charge in [-0.15, -0.1) is 0 Å². The fourth-order valence-corrected chi connectivity index (χ4v) is 17.4. The summed E-state index contributed by atoms with van der Waals surface area (Å²) in [6.07, 6.45) is 64.3. The van der Waals surface area contributed by atoms with Crippen LogP contribution in [-0.4, -0.2) is 50.3 Å². The average Bonchev–Trinajstić information content (AvgIpc) is 1.72. The van der Waals surface area contributed by atoms with Crippen LogP contribution < -0.4 is 24.3 Å². The van der Waals surface area contributed by atoms with E-state index in [4.69, 9.17) is 28.4 Å². The molecule has 1 saturated heterocycles. The maximum atomic E-state index is 15.3. The van der Waals surface area contributed by atoms with Crippen LogP contribution >= 0.6 is 0 Å². The summed E-state index contributed by atoms with van der Waals surface area (Å²) in [5.74, 6) is 2.48. The van der Waals surface area contributed by atoms with Crippen molar-refractivity contribution in [2.45, 2.75) is 426 Å². The van der Waals surface area contributed by atoms with Crippen LogP contribution in [0.1, 0.15) is 446 Å². The minimum atomic E-state index is -0.704. The van der Waals surface area contributed by atoms with Gasteiger partial charge in [0.15, 0.2) is 11.5 Å². The summed E-state index contributed by atoms with van der Waals surface area (Å²) < 4.78 is 40.8. The Morgan fingerprint density at radius 1 is 0.429 bits per heavy atom. The number of amides is 1. The van der Waals surface area contributed by atoms with Gasteiger partial charge in [-0.05, 0) is 95.7 Å². The number of benzene rings is 3. The molecular formula is C95H155NO9. The molecule has 5 unspecified atom stereocenters. The summed E-state index contributed by atoms with van der Waals surface area (Å²) in [6, 6.07) is 12.3. The Hall–Kier alpha value is -4.73. The smallest absolute Gasteiger partial charge is 0.342 e. The molecule has 1 amide bonds. The predicted octanol–water partition coefficient (Wildman–Crippen LogP) is 27.9. The monoisotopic (exact) mass is 1450 g/mol. The minimum absolute atomic E-state index is 0.0121. The molecule has 10 heteroatoms.